The average Bonchev–Trinajstić information content (AvgIpc) is 1.85. The second kappa shape index (κ2) is 2.39. The van der Waals surface area contributed by atoms with E-state index in [9.17, 15) is 0 Å². The number of hydrogen-bond donors (Lipinski definition) is 0. The molecule has 1 aliphatic heterocycles. The number of ether oxygens (including phenoxy) is 1. The van der Waals surface area contributed by atoms with Gasteiger partial charge >= 0.3 is 0 Å². The Kier molecular flexibility index (Phi) is 1.53. The molecule has 2 bridgehead atoms. The minimum Gasteiger partial charge on any atom is -0.381 e. The van der Waals surface area contributed by atoms with Gasteiger partial charge in [-0.15, -0.1) is 0 Å². The van der Waals surface area contributed by atoms with Crippen LogP contribution in [0.25, 0.3) is 0 Å². The summed E-state index contributed by atoms with van der Waals surface area (Å²) < 4.78 is 5.44. The third-order valence-electron chi connectivity index (χ3n) is 2.53. The predicted molar refractivity (Wildman–Crippen MR) is 40.8 cm³/mol. The van der Waals surface area contributed by atoms with Crippen molar-refractivity contribution in [3.05, 3.63) is 12.2 Å². The van der Waals surface area contributed by atoms with Crippen LogP contribution in [0.2, 0.25) is 0 Å². The minimum absolute atomic E-state index is 0.806. The van der Waals surface area contributed by atoms with Crippen molar-refractivity contribution in [2.75, 3.05) is 13.2 Å². The summed E-state index contributed by atoms with van der Waals surface area (Å²) in [5, 5.41) is 0. The Bertz CT molecular complexity index is 137. The number of fused-ring (bicyclic) bond motifs is 2. The Balaban J connectivity index is 2.05. The van der Waals surface area contributed by atoms with E-state index in [-0.39, 0.29) is 0 Å². The summed E-state index contributed by atoms with van der Waals surface area (Å²) in [7, 11) is 0. The lowest BCUT2D eigenvalue weighted by atomic mass is 9.78. The van der Waals surface area contributed by atoms with Crippen LogP contribution in [0.3, 0.4) is 0 Å². The van der Waals surface area contributed by atoms with Gasteiger partial charge in [-0.3, -0.25) is 0 Å². The second-order valence-corrected chi connectivity index (χ2v) is 3.66. The molecule has 0 aromatic carbocycles. The monoisotopic (exact) mass is 138 g/mol. The smallest absolute Gasteiger partial charge is 0.0497 e. The molecule has 2 aliphatic rings. The van der Waals surface area contributed by atoms with Gasteiger partial charge in [0.25, 0.3) is 0 Å². The maximum Gasteiger partial charge on any atom is 0.0497 e. The van der Waals surface area contributed by atoms with Crippen LogP contribution >= 0.6 is 0 Å². The molecule has 0 radical (unpaired) electrons. The van der Waals surface area contributed by atoms with Crippen LogP contribution in [0, 0.1) is 11.8 Å². The SMILES string of the molecule is C=C1CC2COCC(C1)C2. The zero-order chi connectivity index (χ0) is 6.97. The molecule has 0 spiro atoms. The Hall–Kier alpha value is -0.300. The molecule has 10 heavy (non-hydrogen) atoms. The largest absolute Gasteiger partial charge is 0.381 e. The first-order valence-corrected chi connectivity index (χ1v) is 4.09. The standard InChI is InChI=1S/C9H14O/c1-7-2-8-4-9(3-7)6-10-5-8/h8-9H,1-6H2. The van der Waals surface area contributed by atoms with Crippen LogP contribution in [0.5, 0.6) is 0 Å². The van der Waals surface area contributed by atoms with E-state index in [0.29, 0.717) is 0 Å². The van der Waals surface area contributed by atoms with Gasteiger partial charge in [0.1, 0.15) is 0 Å². The number of rotatable bonds is 0. The molecule has 2 atom stereocenters. The predicted octanol–water partition coefficient (Wildman–Crippen LogP) is 1.99. The van der Waals surface area contributed by atoms with Gasteiger partial charge in [-0.1, -0.05) is 12.2 Å². The van der Waals surface area contributed by atoms with Crippen LogP contribution in [0.15, 0.2) is 12.2 Å². The van der Waals surface area contributed by atoms with Crippen molar-refractivity contribution in [1.29, 1.82) is 0 Å². The van der Waals surface area contributed by atoms with Crippen molar-refractivity contribution in [2.24, 2.45) is 11.8 Å². The molecule has 1 heterocycles. The van der Waals surface area contributed by atoms with Gasteiger partial charge in [-0.25, -0.2) is 0 Å². The van der Waals surface area contributed by atoms with E-state index in [1.54, 1.807) is 0 Å². The third-order valence-corrected chi connectivity index (χ3v) is 2.53. The van der Waals surface area contributed by atoms with Gasteiger partial charge in [0.15, 0.2) is 0 Å². The van der Waals surface area contributed by atoms with Crippen LogP contribution in [0.4, 0.5) is 0 Å². The van der Waals surface area contributed by atoms with Crippen molar-refractivity contribution in [3.8, 4) is 0 Å². The van der Waals surface area contributed by atoms with Gasteiger partial charge in [-0.05, 0) is 31.1 Å². The van der Waals surface area contributed by atoms with Crippen molar-refractivity contribution in [2.45, 2.75) is 19.3 Å². The van der Waals surface area contributed by atoms with Crippen LogP contribution in [-0.4, -0.2) is 13.2 Å². The molecule has 56 valence electrons. The highest BCUT2D eigenvalue weighted by atomic mass is 16.5. The van der Waals surface area contributed by atoms with Crippen molar-refractivity contribution in [1.82, 2.24) is 0 Å². The van der Waals surface area contributed by atoms with Gasteiger partial charge in [0, 0.05) is 13.2 Å². The zero-order valence-electron chi connectivity index (χ0n) is 6.31. The molecule has 2 fully saturated rings. The fraction of sp³-hybridized carbons (Fsp3) is 0.778. The summed E-state index contributed by atoms with van der Waals surface area (Å²) in [4.78, 5) is 0. The van der Waals surface area contributed by atoms with E-state index in [2.05, 4.69) is 6.58 Å². The number of hydrogen-bond acceptors (Lipinski definition) is 1. The van der Waals surface area contributed by atoms with Crippen LogP contribution < -0.4 is 0 Å². The third kappa shape index (κ3) is 1.10. The number of allylic oxidation sites excluding steroid dienone is 1. The first kappa shape index (κ1) is 6.41. The molecule has 0 aromatic rings. The van der Waals surface area contributed by atoms with Gasteiger partial charge in [0.05, 0.1) is 0 Å². The lowest BCUT2D eigenvalue weighted by Gasteiger charge is -2.35. The average molecular weight is 138 g/mol. The van der Waals surface area contributed by atoms with E-state index in [1.807, 2.05) is 0 Å². The van der Waals surface area contributed by atoms with Gasteiger partial charge in [-0.2, -0.15) is 0 Å². The molecular weight excluding hydrogens is 124 g/mol. The molecule has 1 saturated carbocycles. The fourth-order valence-electron chi connectivity index (χ4n) is 2.19. The Morgan fingerprint density at radius 1 is 1.20 bits per heavy atom. The highest BCUT2D eigenvalue weighted by molar-refractivity contribution is 5.03. The molecule has 1 nitrogen and oxygen atoms in total. The van der Waals surface area contributed by atoms with E-state index in [1.165, 1.54) is 24.8 Å². The minimum atomic E-state index is 0.806. The van der Waals surface area contributed by atoms with E-state index in [4.69, 9.17) is 4.74 Å². The molecule has 0 N–H and O–H groups in total. The maximum absolute atomic E-state index is 5.44. The van der Waals surface area contributed by atoms with Gasteiger partial charge < -0.3 is 4.74 Å². The highest BCUT2D eigenvalue weighted by Crippen LogP contribution is 2.35. The molecule has 0 amide bonds. The summed E-state index contributed by atoms with van der Waals surface area (Å²) in [5.74, 6) is 1.61. The van der Waals surface area contributed by atoms with Crippen molar-refractivity contribution >= 4 is 0 Å². The van der Waals surface area contributed by atoms with Gasteiger partial charge in [0.2, 0.25) is 0 Å². The van der Waals surface area contributed by atoms with Crippen molar-refractivity contribution in [3.63, 3.8) is 0 Å². The summed E-state index contributed by atoms with van der Waals surface area (Å²) in [6.45, 7) is 6.00. The summed E-state index contributed by atoms with van der Waals surface area (Å²) in [5.41, 5.74) is 1.45. The van der Waals surface area contributed by atoms with Crippen LogP contribution in [-0.2, 0) is 4.74 Å². The van der Waals surface area contributed by atoms with Crippen LogP contribution in [0.1, 0.15) is 19.3 Å². The van der Waals surface area contributed by atoms with E-state index in [0.717, 1.165) is 25.0 Å². The maximum atomic E-state index is 5.44. The summed E-state index contributed by atoms with van der Waals surface area (Å²) >= 11 is 0. The highest BCUT2D eigenvalue weighted by Gasteiger charge is 2.28. The second-order valence-electron chi connectivity index (χ2n) is 3.66. The zero-order valence-corrected chi connectivity index (χ0v) is 6.31. The first-order valence-electron chi connectivity index (χ1n) is 4.09. The van der Waals surface area contributed by atoms with Crippen molar-refractivity contribution < 1.29 is 4.74 Å². The first-order chi connectivity index (χ1) is 4.84. The molecule has 1 saturated heterocycles. The summed E-state index contributed by atoms with van der Waals surface area (Å²) in [6, 6.07) is 0. The normalized spacial score (nSPS) is 39.8. The molecule has 1 aliphatic carbocycles. The van der Waals surface area contributed by atoms with E-state index < -0.39 is 0 Å². The topological polar surface area (TPSA) is 9.23 Å². The Morgan fingerprint density at radius 3 is 2.40 bits per heavy atom. The fourth-order valence-corrected chi connectivity index (χ4v) is 2.19. The lowest BCUT2D eigenvalue weighted by Crippen LogP contribution is -2.30. The molecule has 1 heteroatoms. The van der Waals surface area contributed by atoms with E-state index >= 15 is 0 Å². The molecule has 2 rings (SSSR count). The Morgan fingerprint density at radius 2 is 1.80 bits per heavy atom. The molecule has 0 aromatic heterocycles. The molecule has 2 unspecified atom stereocenters. The Labute approximate surface area is 62.1 Å². The molecular formula is C9H14O. The lowest BCUT2D eigenvalue weighted by molar-refractivity contribution is 0.00320. The quantitative estimate of drug-likeness (QED) is 0.465. The summed E-state index contributed by atoms with van der Waals surface area (Å²) in [6.07, 6.45) is 3.83.